The molecule has 0 bridgehead atoms. The lowest BCUT2D eigenvalue weighted by Crippen LogP contribution is -2.35. The Morgan fingerprint density at radius 2 is 1.86 bits per heavy atom. The number of carboxylic acids is 1. The maximum absolute atomic E-state index is 12.5. The van der Waals surface area contributed by atoms with E-state index in [4.69, 9.17) is 0 Å². The normalized spacial score (nSPS) is 22.2. The van der Waals surface area contributed by atoms with Crippen molar-refractivity contribution in [3.05, 3.63) is 35.9 Å². The molecule has 0 heterocycles. The molecule has 0 saturated heterocycles. The quantitative estimate of drug-likeness (QED) is 0.524. The number of rotatable bonds is 11. The number of benzene rings is 1. The molecule has 0 spiro atoms. The van der Waals surface area contributed by atoms with Gasteiger partial charge < -0.3 is 10.2 Å². The molecule has 1 aromatic carbocycles. The van der Waals surface area contributed by atoms with Crippen LogP contribution in [0.25, 0.3) is 0 Å². The van der Waals surface area contributed by atoms with Crippen molar-refractivity contribution in [2.75, 3.05) is 0 Å². The van der Waals surface area contributed by atoms with Gasteiger partial charge in [0.25, 0.3) is 0 Å². The highest BCUT2D eigenvalue weighted by Gasteiger charge is 2.43. The van der Waals surface area contributed by atoms with Gasteiger partial charge in [0.1, 0.15) is 5.78 Å². The highest BCUT2D eigenvalue weighted by Crippen LogP contribution is 2.41. The minimum absolute atomic E-state index is 0.0662. The molecular formula is C24H36O4. The van der Waals surface area contributed by atoms with E-state index in [0.717, 1.165) is 31.2 Å². The van der Waals surface area contributed by atoms with Crippen LogP contribution >= 0.6 is 0 Å². The minimum atomic E-state index is -0.841. The topological polar surface area (TPSA) is 74.6 Å². The third kappa shape index (κ3) is 5.44. The molecule has 0 aliphatic heterocycles. The first kappa shape index (κ1) is 22.6. The second-order valence-electron chi connectivity index (χ2n) is 8.91. The number of aliphatic carboxylic acids is 1. The van der Waals surface area contributed by atoms with Crippen molar-refractivity contribution in [1.29, 1.82) is 0 Å². The Balaban J connectivity index is 2.03. The molecule has 2 rings (SSSR count). The molecule has 2 N–H and O–H groups in total. The molecule has 0 aromatic heterocycles. The number of hydrogen-bond acceptors (Lipinski definition) is 3. The molecule has 0 radical (unpaired) electrons. The molecule has 1 aliphatic carbocycles. The molecular weight excluding hydrogens is 352 g/mol. The summed E-state index contributed by atoms with van der Waals surface area (Å²) >= 11 is 0. The molecule has 1 fully saturated rings. The average Bonchev–Trinajstić information content (AvgIpc) is 3.04. The van der Waals surface area contributed by atoms with Gasteiger partial charge in [-0.25, -0.2) is 0 Å². The Bertz CT molecular complexity index is 637. The van der Waals surface area contributed by atoms with E-state index in [1.54, 1.807) is 0 Å². The van der Waals surface area contributed by atoms with E-state index in [-0.39, 0.29) is 23.0 Å². The fourth-order valence-corrected chi connectivity index (χ4v) is 4.68. The van der Waals surface area contributed by atoms with Crippen molar-refractivity contribution in [1.82, 2.24) is 0 Å². The Morgan fingerprint density at radius 3 is 2.46 bits per heavy atom. The number of aliphatic hydroxyl groups excluding tert-OH is 1. The summed E-state index contributed by atoms with van der Waals surface area (Å²) in [5.74, 6) is -1.64. The number of carboxylic acid groups (broad SMARTS) is 1. The number of carbonyl (C=O) groups is 2. The van der Waals surface area contributed by atoms with E-state index in [0.29, 0.717) is 25.7 Å². The van der Waals surface area contributed by atoms with Gasteiger partial charge in [0.15, 0.2) is 0 Å². The first-order valence-corrected chi connectivity index (χ1v) is 10.8. The monoisotopic (exact) mass is 388 g/mol. The van der Waals surface area contributed by atoms with E-state index in [2.05, 4.69) is 6.92 Å². The Kier molecular flexibility index (Phi) is 8.23. The predicted octanol–water partition coefficient (Wildman–Crippen LogP) is 4.98. The Morgan fingerprint density at radius 1 is 1.18 bits per heavy atom. The number of ketones is 1. The fourth-order valence-electron chi connectivity index (χ4n) is 4.68. The summed E-state index contributed by atoms with van der Waals surface area (Å²) in [6, 6.07) is 9.97. The average molecular weight is 389 g/mol. The molecule has 4 nitrogen and oxygen atoms in total. The van der Waals surface area contributed by atoms with Crippen molar-refractivity contribution in [3.8, 4) is 0 Å². The van der Waals surface area contributed by atoms with E-state index in [1.165, 1.54) is 0 Å². The van der Waals surface area contributed by atoms with Gasteiger partial charge >= 0.3 is 5.97 Å². The third-order valence-electron chi connectivity index (χ3n) is 6.67. The number of unbranched alkanes of at least 4 members (excludes halogenated alkanes) is 2. The standard InChI is InChI=1S/C24H36O4/c1-4-5-7-12-19(23(27)28)22-17(13-15-20(22)25)14-16-21(26)24(2,3)18-10-8-6-9-11-18/h6,8-11,17,19,21-22,26H,4-5,7,12-16H2,1-3H3,(H,27,28)/t17-,19?,21-,22-/m1/s1. The molecule has 1 aliphatic rings. The Labute approximate surface area is 169 Å². The zero-order valence-corrected chi connectivity index (χ0v) is 17.6. The van der Waals surface area contributed by atoms with Gasteiger partial charge in [0.2, 0.25) is 0 Å². The molecule has 156 valence electrons. The van der Waals surface area contributed by atoms with Gasteiger partial charge in [-0.3, -0.25) is 9.59 Å². The molecule has 1 saturated carbocycles. The number of hydrogen-bond donors (Lipinski definition) is 2. The maximum Gasteiger partial charge on any atom is 0.307 e. The van der Waals surface area contributed by atoms with Crippen LogP contribution in [0.3, 0.4) is 0 Å². The van der Waals surface area contributed by atoms with Gasteiger partial charge in [0, 0.05) is 17.8 Å². The summed E-state index contributed by atoms with van der Waals surface area (Å²) in [4.78, 5) is 24.4. The predicted molar refractivity (Wildman–Crippen MR) is 111 cm³/mol. The largest absolute Gasteiger partial charge is 0.481 e. The van der Waals surface area contributed by atoms with Crippen LogP contribution in [-0.2, 0) is 15.0 Å². The first-order chi connectivity index (χ1) is 13.3. The smallest absolute Gasteiger partial charge is 0.307 e. The van der Waals surface area contributed by atoms with E-state index >= 15 is 0 Å². The van der Waals surface area contributed by atoms with Gasteiger partial charge in [-0.05, 0) is 37.2 Å². The number of carbonyl (C=O) groups excluding carboxylic acids is 1. The van der Waals surface area contributed by atoms with Crippen molar-refractivity contribution in [2.45, 2.75) is 83.7 Å². The number of Topliss-reactive ketones (excluding diaryl/α,β-unsaturated/α-hetero) is 1. The molecule has 1 aromatic rings. The van der Waals surface area contributed by atoms with Crippen molar-refractivity contribution >= 4 is 11.8 Å². The van der Waals surface area contributed by atoms with Gasteiger partial charge in [-0.15, -0.1) is 0 Å². The van der Waals surface area contributed by atoms with Crippen LogP contribution < -0.4 is 0 Å². The highest BCUT2D eigenvalue weighted by molar-refractivity contribution is 5.88. The zero-order valence-electron chi connectivity index (χ0n) is 17.6. The lowest BCUT2D eigenvalue weighted by molar-refractivity contribution is -0.147. The SMILES string of the molecule is CCCCCC(C(=O)O)[C@@H]1C(=O)CC[C@@H]1CC[C@@H](O)C(C)(C)c1ccccc1. The van der Waals surface area contributed by atoms with E-state index in [1.807, 2.05) is 44.2 Å². The fraction of sp³-hybridized carbons (Fsp3) is 0.667. The molecule has 28 heavy (non-hydrogen) atoms. The summed E-state index contributed by atoms with van der Waals surface area (Å²) < 4.78 is 0. The maximum atomic E-state index is 12.5. The highest BCUT2D eigenvalue weighted by atomic mass is 16.4. The van der Waals surface area contributed by atoms with Gasteiger partial charge in [-0.1, -0.05) is 70.4 Å². The van der Waals surface area contributed by atoms with Crippen LogP contribution in [0.1, 0.15) is 77.7 Å². The molecule has 0 amide bonds. The van der Waals surface area contributed by atoms with Crippen molar-refractivity contribution in [2.24, 2.45) is 17.8 Å². The van der Waals surface area contributed by atoms with Crippen molar-refractivity contribution < 1.29 is 19.8 Å². The van der Waals surface area contributed by atoms with Crippen molar-refractivity contribution in [3.63, 3.8) is 0 Å². The van der Waals surface area contributed by atoms with Crippen LogP contribution in [0.4, 0.5) is 0 Å². The lowest BCUT2D eigenvalue weighted by atomic mass is 9.74. The summed E-state index contributed by atoms with van der Waals surface area (Å²) in [5.41, 5.74) is 0.705. The molecule has 4 heteroatoms. The first-order valence-electron chi connectivity index (χ1n) is 10.8. The summed E-state index contributed by atoms with van der Waals surface area (Å²) in [6.45, 7) is 6.17. The van der Waals surface area contributed by atoms with Crippen LogP contribution in [0.2, 0.25) is 0 Å². The summed E-state index contributed by atoms with van der Waals surface area (Å²) in [6.07, 6.45) is 5.44. The van der Waals surface area contributed by atoms with Crippen LogP contribution in [0.15, 0.2) is 30.3 Å². The van der Waals surface area contributed by atoms with E-state index in [9.17, 15) is 19.8 Å². The molecule has 4 atom stereocenters. The second-order valence-corrected chi connectivity index (χ2v) is 8.91. The third-order valence-corrected chi connectivity index (χ3v) is 6.67. The summed E-state index contributed by atoms with van der Waals surface area (Å²) in [7, 11) is 0. The van der Waals surface area contributed by atoms with Crippen LogP contribution in [0.5, 0.6) is 0 Å². The second kappa shape index (κ2) is 10.2. The Hall–Kier alpha value is -1.68. The van der Waals surface area contributed by atoms with Gasteiger partial charge in [0.05, 0.1) is 12.0 Å². The molecule has 1 unspecified atom stereocenters. The van der Waals surface area contributed by atoms with Crippen LogP contribution in [-0.4, -0.2) is 28.1 Å². The zero-order chi connectivity index (χ0) is 20.7. The lowest BCUT2D eigenvalue weighted by Gasteiger charge is -2.33. The minimum Gasteiger partial charge on any atom is -0.481 e. The summed E-state index contributed by atoms with van der Waals surface area (Å²) in [5, 5.41) is 20.6. The van der Waals surface area contributed by atoms with E-state index < -0.39 is 18.0 Å². The number of aliphatic hydroxyl groups is 1. The van der Waals surface area contributed by atoms with Gasteiger partial charge in [-0.2, -0.15) is 0 Å². The van der Waals surface area contributed by atoms with Crippen LogP contribution in [0, 0.1) is 17.8 Å².